The van der Waals surface area contributed by atoms with Gasteiger partial charge in [-0.2, -0.15) is 5.26 Å². The van der Waals surface area contributed by atoms with Crippen molar-refractivity contribution >= 4 is 12.1 Å². The highest BCUT2D eigenvalue weighted by Gasteiger charge is 2.04. The Bertz CT molecular complexity index is 353. The van der Waals surface area contributed by atoms with Crippen molar-refractivity contribution in [3.05, 3.63) is 23.9 Å². The first-order chi connectivity index (χ1) is 7.31. The van der Waals surface area contributed by atoms with Crippen molar-refractivity contribution in [3.63, 3.8) is 0 Å². The molecule has 4 heteroatoms. The van der Waals surface area contributed by atoms with Crippen LogP contribution in [0.25, 0.3) is 0 Å². The summed E-state index contributed by atoms with van der Waals surface area (Å²) in [4.78, 5) is 16.6. The van der Waals surface area contributed by atoms with Gasteiger partial charge in [0.1, 0.15) is 5.82 Å². The van der Waals surface area contributed by atoms with E-state index in [1.165, 1.54) is 6.20 Å². The second kappa shape index (κ2) is 5.76. The highest BCUT2D eigenvalue weighted by Crippen LogP contribution is 2.10. The Morgan fingerprint density at radius 2 is 2.40 bits per heavy atom. The van der Waals surface area contributed by atoms with Crippen molar-refractivity contribution in [2.45, 2.75) is 13.3 Å². The van der Waals surface area contributed by atoms with E-state index in [1.54, 1.807) is 12.1 Å². The molecule has 0 saturated heterocycles. The molecule has 0 unspecified atom stereocenters. The summed E-state index contributed by atoms with van der Waals surface area (Å²) >= 11 is 0. The number of anilines is 1. The molecule has 4 nitrogen and oxygen atoms in total. The van der Waals surface area contributed by atoms with Crippen molar-refractivity contribution in [2.75, 3.05) is 18.0 Å². The Labute approximate surface area is 89.2 Å². The molecule has 0 aliphatic carbocycles. The minimum absolute atomic E-state index is 0.477. The number of nitrogens with zero attached hydrogens (tertiary/aromatic N) is 3. The number of aromatic nitrogens is 1. The first-order valence-corrected chi connectivity index (χ1v) is 4.85. The minimum atomic E-state index is 0.477. The lowest BCUT2D eigenvalue weighted by Gasteiger charge is -2.20. The van der Waals surface area contributed by atoms with Gasteiger partial charge in [0.25, 0.3) is 0 Å². The summed E-state index contributed by atoms with van der Waals surface area (Å²) in [5.41, 5.74) is 0.565. The van der Waals surface area contributed by atoms with E-state index >= 15 is 0 Å². The van der Waals surface area contributed by atoms with Crippen molar-refractivity contribution in [2.24, 2.45) is 0 Å². The van der Waals surface area contributed by atoms with E-state index in [1.807, 2.05) is 11.8 Å². The molecule has 0 atom stereocenters. The predicted octanol–water partition coefficient (Wildman–Crippen LogP) is 1.63. The fraction of sp³-hybridized carbons (Fsp3) is 0.364. The quantitative estimate of drug-likeness (QED) is 0.682. The molecule has 0 aliphatic rings. The SMILES string of the molecule is CCN(CCC#N)c1ccc(C=O)cn1. The van der Waals surface area contributed by atoms with Gasteiger partial charge in [0, 0.05) is 24.8 Å². The summed E-state index contributed by atoms with van der Waals surface area (Å²) in [7, 11) is 0. The molecule has 78 valence electrons. The standard InChI is InChI=1S/C11H13N3O/c1-2-14(7-3-6-12)11-5-4-10(9-15)8-13-11/h4-5,8-9H,2-3,7H2,1H3. The summed E-state index contributed by atoms with van der Waals surface area (Å²) in [6, 6.07) is 5.62. The Morgan fingerprint density at radius 3 is 2.87 bits per heavy atom. The van der Waals surface area contributed by atoms with Gasteiger partial charge in [-0.3, -0.25) is 4.79 Å². The molecule has 0 aliphatic heterocycles. The second-order valence-corrected chi connectivity index (χ2v) is 3.06. The normalized spacial score (nSPS) is 9.33. The van der Waals surface area contributed by atoms with Crippen LogP contribution in [0.5, 0.6) is 0 Å². The molecule has 0 saturated carbocycles. The highest BCUT2D eigenvalue weighted by molar-refractivity contribution is 5.74. The molecule has 15 heavy (non-hydrogen) atoms. The summed E-state index contributed by atoms with van der Waals surface area (Å²) < 4.78 is 0. The number of hydrogen-bond donors (Lipinski definition) is 0. The molecule has 0 fully saturated rings. The minimum Gasteiger partial charge on any atom is -0.356 e. The van der Waals surface area contributed by atoms with Crippen molar-refractivity contribution in [3.8, 4) is 6.07 Å². The van der Waals surface area contributed by atoms with Gasteiger partial charge in [-0.1, -0.05) is 0 Å². The number of aldehydes is 1. The van der Waals surface area contributed by atoms with Gasteiger partial charge in [0.15, 0.2) is 6.29 Å². The molecule has 1 aromatic heterocycles. The van der Waals surface area contributed by atoms with Crippen LogP contribution >= 0.6 is 0 Å². The van der Waals surface area contributed by atoms with Crippen molar-refractivity contribution < 1.29 is 4.79 Å². The number of rotatable bonds is 5. The van der Waals surface area contributed by atoms with Gasteiger partial charge < -0.3 is 4.90 Å². The lowest BCUT2D eigenvalue weighted by atomic mass is 10.3. The van der Waals surface area contributed by atoms with Crippen LogP contribution in [0.15, 0.2) is 18.3 Å². The summed E-state index contributed by atoms with van der Waals surface area (Å²) in [6.07, 6.45) is 2.78. The van der Waals surface area contributed by atoms with E-state index < -0.39 is 0 Å². The molecule has 0 N–H and O–H groups in total. The highest BCUT2D eigenvalue weighted by atomic mass is 16.1. The summed E-state index contributed by atoms with van der Waals surface area (Å²) in [5, 5.41) is 8.50. The number of carbonyl (C=O) groups excluding carboxylic acids is 1. The molecule has 1 aromatic rings. The second-order valence-electron chi connectivity index (χ2n) is 3.06. The zero-order chi connectivity index (χ0) is 11.1. The largest absolute Gasteiger partial charge is 0.356 e. The molecule has 0 amide bonds. The van der Waals surface area contributed by atoms with Crippen LogP contribution in [0.2, 0.25) is 0 Å². The van der Waals surface area contributed by atoms with E-state index in [0.29, 0.717) is 18.5 Å². The smallest absolute Gasteiger partial charge is 0.151 e. The summed E-state index contributed by atoms with van der Waals surface area (Å²) in [5.74, 6) is 0.804. The zero-order valence-electron chi connectivity index (χ0n) is 8.68. The molecule has 0 radical (unpaired) electrons. The summed E-state index contributed by atoms with van der Waals surface area (Å²) in [6.45, 7) is 3.47. The first kappa shape index (κ1) is 11.2. The third-order valence-corrected chi connectivity index (χ3v) is 2.11. The molecule has 1 rings (SSSR count). The Morgan fingerprint density at radius 1 is 1.60 bits per heavy atom. The maximum absolute atomic E-state index is 10.4. The third kappa shape index (κ3) is 3.06. The van der Waals surface area contributed by atoms with Gasteiger partial charge in [-0.05, 0) is 19.1 Å². The van der Waals surface area contributed by atoms with Gasteiger partial charge >= 0.3 is 0 Å². The van der Waals surface area contributed by atoms with E-state index in [0.717, 1.165) is 18.6 Å². The molecular weight excluding hydrogens is 190 g/mol. The van der Waals surface area contributed by atoms with Crippen LogP contribution in [-0.4, -0.2) is 24.4 Å². The maximum atomic E-state index is 10.4. The van der Waals surface area contributed by atoms with Gasteiger partial charge in [-0.15, -0.1) is 0 Å². The first-order valence-electron chi connectivity index (χ1n) is 4.85. The average molecular weight is 203 g/mol. The zero-order valence-corrected chi connectivity index (χ0v) is 8.68. The molecule has 0 aromatic carbocycles. The lowest BCUT2D eigenvalue weighted by Crippen LogP contribution is -2.24. The average Bonchev–Trinajstić information content (AvgIpc) is 2.31. The molecule has 1 heterocycles. The van der Waals surface area contributed by atoms with Gasteiger partial charge in [0.05, 0.1) is 12.5 Å². The van der Waals surface area contributed by atoms with Crippen molar-refractivity contribution in [1.82, 2.24) is 4.98 Å². The fourth-order valence-corrected chi connectivity index (χ4v) is 1.27. The third-order valence-electron chi connectivity index (χ3n) is 2.11. The van der Waals surface area contributed by atoms with E-state index in [-0.39, 0.29) is 0 Å². The van der Waals surface area contributed by atoms with Gasteiger partial charge in [-0.25, -0.2) is 4.98 Å². The molecule has 0 spiro atoms. The van der Waals surface area contributed by atoms with Crippen LogP contribution in [0, 0.1) is 11.3 Å². The number of pyridine rings is 1. The van der Waals surface area contributed by atoms with E-state index in [2.05, 4.69) is 11.1 Å². The van der Waals surface area contributed by atoms with Crippen molar-refractivity contribution in [1.29, 1.82) is 5.26 Å². The number of nitriles is 1. The van der Waals surface area contributed by atoms with Crippen LogP contribution < -0.4 is 4.90 Å². The Hall–Kier alpha value is -1.89. The van der Waals surface area contributed by atoms with Crippen LogP contribution in [0.3, 0.4) is 0 Å². The van der Waals surface area contributed by atoms with Gasteiger partial charge in [0.2, 0.25) is 0 Å². The molecular formula is C11H13N3O. The van der Waals surface area contributed by atoms with E-state index in [4.69, 9.17) is 5.26 Å². The topological polar surface area (TPSA) is 57.0 Å². The monoisotopic (exact) mass is 203 g/mol. The number of hydrogen-bond acceptors (Lipinski definition) is 4. The van der Waals surface area contributed by atoms with Crippen LogP contribution in [-0.2, 0) is 0 Å². The Balaban J connectivity index is 2.74. The maximum Gasteiger partial charge on any atom is 0.151 e. The number of carbonyl (C=O) groups is 1. The molecule has 0 bridgehead atoms. The van der Waals surface area contributed by atoms with Crippen LogP contribution in [0.1, 0.15) is 23.7 Å². The lowest BCUT2D eigenvalue weighted by molar-refractivity contribution is 0.112. The predicted molar refractivity (Wildman–Crippen MR) is 57.7 cm³/mol. The Kier molecular flexibility index (Phi) is 4.30. The van der Waals surface area contributed by atoms with Crippen LogP contribution in [0.4, 0.5) is 5.82 Å². The fourth-order valence-electron chi connectivity index (χ4n) is 1.27. The van der Waals surface area contributed by atoms with E-state index in [9.17, 15) is 4.79 Å².